The Labute approximate surface area is 101 Å². The maximum atomic E-state index is 5.25. The third kappa shape index (κ3) is 2.74. The molecule has 2 heterocycles. The molecule has 92 valence electrons. The lowest BCUT2D eigenvalue weighted by Gasteiger charge is -2.21. The lowest BCUT2D eigenvalue weighted by molar-refractivity contribution is 0.212. The molecule has 1 aromatic rings. The van der Waals surface area contributed by atoms with Gasteiger partial charge in [-0.05, 0) is 26.0 Å². The highest BCUT2D eigenvalue weighted by Crippen LogP contribution is 2.20. The average Bonchev–Trinajstić information content (AvgIpc) is 2.78. The Morgan fingerprint density at radius 2 is 2.41 bits per heavy atom. The van der Waals surface area contributed by atoms with Gasteiger partial charge in [0.2, 0.25) is 0 Å². The van der Waals surface area contributed by atoms with Crippen molar-refractivity contribution in [2.24, 2.45) is 5.16 Å². The van der Waals surface area contributed by atoms with E-state index in [2.05, 4.69) is 28.3 Å². The number of likely N-dealkylation sites (N-methyl/N-ethyl adjacent to an activating group) is 1. The summed E-state index contributed by atoms with van der Waals surface area (Å²) in [5, 5.41) is 7.89. The third-order valence-electron chi connectivity index (χ3n) is 2.77. The highest BCUT2D eigenvalue weighted by molar-refractivity contribution is 5.96. The zero-order valence-corrected chi connectivity index (χ0v) is 10.4. The standard InChI is InChI=1S/C12H17N3O2/c1-9(13-16-3)12-7-11(14-17-12)10-5-4-6-15(2)8-10/h5,7H,4,6,8H2,1-3H3. The van der Waals surface area contributed by atoms with E-state index in [4.69, 9.17) is 9.36 Å². The summed E-state index contributed by atoms with van der Waals surface area (Å²) in [4.78, 5) is 6.97. The summed E-state index contributed by atoms with van der Waals surface area (Å²) in [6.07, 6.45) is 3.27. The Bertz CT molecular complexity index is 448. The van der Waals surface area contributed by atoms with Gasteiger partial charge in [-0.1, -0.05) is 16.4 Å². The van der Waals surface area contributed by atoms with Crippen LogP contribution < -0.4 is 0 Å². The van der Waals surface area contributed by atoms with Gasteiger partial charge in [-0.15, -0.1) is 0 Å². The maximum absolute atomic E-state index is 5.25. The molecule has 2 rings (SSSR count). The highest BCUT2D eigenvalue weighted by Gasteiger charge is 2.15. The summed E-state index contributed by atoms with van der Waals surface area (Å²) in [5.41, 5.74) is 2.78. The maximum Gasteiger partial charge on any atom is 0.184 e. The first-order valence-corrected chi connectivity index (χ1v) is 5.63. The van der Waals surface area contributed by atoms with Crippen molar-refractivity contribution in [3.05, 3.63) is 23.6 Å². The van der Waals surface area contributed by atoms with Crippen molar-refractivity contribution in [1.82, 2.24) is 10.1 Å². The predicted octanol–water partition coefficient (Wildman–Crippen LogP) is 1.76. The molecule has 0 aromatic carbocycles. The summed E-state index contributed by atoms with van der Waals surface area (Å²) in [6.45, 7) is 3.83. The minimum absolute atomic E-state index is 0.649. The van der Waals surface area contributed by atoms with Gasteiger partial charge >= 0.3 is 0 Å². The minimum Gasteiger partial charge on any atom is -0.399 e. The van der Waals surface area contributed by atoms with Crippen LogP contribution in [0.15, 0.2) is 21.8 Å². The first-order valence-electron chi connectivity index (χ1n) is 5.63. The van der Waals surface area contributed by atoms with Gasteiger partial charge in [-0.3, -0.25) is 0 Å². The van der Waals surface area contributed by atoms with Crippen LogP contribution in [0.2, 0.25) is 0 Å². The highest BCUT2D eigenvalue weighted by atomic mass is 16.6. The van der Waals surface area contributed by atoms with Crippen LogP contribution in [-0.4, -0.2) is 43.0 Å². The smallest absolute Gasteiger partial charge is 0.184 e. The van der Waals surface area contributed by atoms with Crippen molar-refractivity contribution in [3.63, 3.8) is 0 Å². The number of hydrogen-bond donors (Lipinski definition) is 0. The molecule has 0 N–H and O–H groups in total. The number of hydrogen-bond acceptors (Lipinski definition) is 5. The SMILES string of the molecule is CON=C(C)c1cc(C2=CCCN(C)C2)no1. The third-order valence-corrected chi connectivity index (χ3v) is 2.77. The van der Waals surface area contributed by atoms with E-state index in [1.165, 1.54) is 12.7 Å². The zero-order valence-electron chi connectivity index (χ0n) is 10.4. The molecule has 0 radical (unpaired) electrons. The lowest BCUT2D eigenvalue weighted by atomic mass is 10.1. The van der Waals surface area contributed by atoms with Crippen molar-refractivity contribution in [2.45, 2.75) is 13.3 Å². The van der Waals surface area contributed by atoms with Crippen LogP contribution in [0.5, 0.6) is 0 Å². The zero-order chi connectivity index (χ0) is 12.3. The molecule has 5 heteroatoms. The van der Waals surface area contributed by atoms with Gasteiger partial charge in [0.25, 0.3) is 0 Å². The van der Waals surface area contributed by atoms with E-state index in [0.717, 1.165) is 25.2 Å². The second-order valence-electron chi connectivity index (χ2n) is 4.19. The predicted molar refractivity (Wildman–Crippen MR) is 65.8 cm³/mol. The molecule has 1 aromatic heterocycles. The molecule has 0 unspecified atom stereocenters. The molecular formula is C12H17N3O2. The average molecular weight is 235 g/mol. The summed E-state index contributed by atoms with van der Waals surface area (Å²) < 4.78 is 5.25. The molecule has 0 bridgehead atoms. The van der Waals surface area contributed by atoms with E-state index >= 15 is 0 Å². The Hall–Kier alpha value is -1.62. The molecule has 0 atom stereocenters. The molecule has 1 aliphatic rings. The second kappa shape index (κ2) is 5.14. The van der Waals surface area contributed by atoms with Gasteiger partial charge in [0, 0.05) is 19.2 Å². The summed E-state index contributed by atoms with van der Waals surface area (Å²) in [7, 11) is 3.62. The van der Waals surface area contributed by atoms with Gasteiger partial charge < -0.3 is 14.3 Å². The molecule has 0 aliphatic carbocycles. The summed E-state index contributed by atoms with van der Waals surface area (Å²) in [5.74, 6) is 0.649. The van der Waals surface area contributed by atoms with Gasteiger partial charge in [0.05, 0.1) is 0 Å². The topological polar surface area (TPSA) is 50.9 Å². The molecule has 0 amide bonds. The fraction of sp³-hybridized carbons (Fsp3) is 0.500. The molecular weight excluding hydrogens is 218 g/mol. The first-order chi connectivity index (χ1) is 8.20. The number of rotatable bonds is 3. The Morgan fingerprint density at radius 1 is 1.59 bits per heavy atom. The van der Waals surface area contributed by atoms with Crippen molar-refractivity contribution in [3.8, 4) is 0 Å². The van der Waals surface area contributed by atoms with Crippen molar-refractivity contribution >= 4 is 11.3 Å². The van der Waals surface area contributed by atoms with Crippen LogP contribution in [0.4, 0.5) is 0 Å². The second-order valence-corrected chi connectivity index (χ2v) is 4.19. The molecule has 0 spiro atoms. The van der Waals surface area contributed by atoms with Gasteiger partial charge in [-0.25, -0.2) is 0 Å². The number of oxime groups is 1. The summed E-state index contributed by atoms with van der Waals surface area (Å²) >= 11 is 0. The molecule has 5 nitrogen and oxygen atoms in total. The van der Waals surface area contributed by atoms with Crippen LogP contribution in [0.1, 0.15) is 24.8 Å². The van der Waals surface area contributed by atoms with Gasteiger partial charge in [0.1, 0.15) is 18.5 Å². The molecule has 0 saturated heterocycles. The van der Waals surface area contributed by atoms with E-state index in [1.807, 2.05) is 13.0 Å². The Kier molecular flexibility index (Phi) is 3.58. The largest absolute Gasteiger partial charge is 0.399 e. The normalized spacial score (nSPS) is 18.1. The molecule has 1 aliphatic heterocycles. The monoisotopic (exact) mass is 235 g/mol. The van der Waals surface area contributed by atoms with Crippen LogP contribution in [0, 0.1) is 0 Å². The first kappa shape index (κ1) is 11.9. The van der Waals surface area contributed by atoms with Crippen molar-refractivity contribution < 1.29 is 9.36 Å². The fourth-order valence-electron chi connectivity index (χ4n) is 1.86. The van der Waals surface area contributed by atoms with E-state index in [-0.39, 0.29) is 0 Å². The molecule has 0 saturated carbocycles. The number of nitrogens with zero attached hydrogens (tertiary/aromatic N) is 3. The quantitative estimate of drug-likeness (QED) is 0.591. The van der Waals surface area contributed by atoms with E-state index in [1.54, 1.807) is 0 Å². The number of aromatic nitrogens is 1. The molecule has 17 heavy (non-hydrogen) atoms. The van der Waals surface area contributed by atoms with E-state index in [9.17, 15) is 0 Å². The molecule has 0 fully saturated rings. The summed E-state index contributed by atoms with van der Waals surface area (Å²) in [6, 6.07) is 1.91. The Morgan fingerprint density at radius 3 is 3.12 bits per heavy atom. The van der Waals surface area contributed by atoms with Gasteiger partial charge in [0.15, 0.2) is 5.76 Å². The van der Waals surface area contributed by atoms with Crippen molar-refractivity contribution in [1.29, 1.82) is 0 Å². The van der Waals surface area contributed by atoms with Crippen LogP contribution >= 0.6 is 0 Å². The van der Waals surface area contributed by atoms with Crippen molar-refractivity contribution in [2.75, 3.05) is 27.2 Å². The van der Waals surface area contributed by atoms with Crippen LogP contribution in [0.25, 0.3) is 5.57 Å². The lowest BCUT2D eigenvalue weighted by Crippen LogP contribution is -2.24. The van der Waals surface area contributed by atoms with Crippen LogP contribution in [-0.2, 0) is 4.84 Å². The Balaban J connectivity index is 2.18. The van der Waals surface area contributed by atoms with E-state index < -0.39 is 0 Å². The van der Waals surface area contributed by atoms with Crippen LogP contribution in [0.3, 0.4) is 0 Å². The fourth-order valence-corrected chi connectivity index (χ4v) is 1.86. The van der Waals surface area contributed by atoms with E-state index in [0.29, 0.717) is 11.5 Å². The minimum atomic E-state index is 0.649. The van der Waals surface area contributed by atoms with Gasteiger partial charge in [-0.2, -0.15) is 0 Å².